The van der Waals surface area contributed by atoms with E-state index < -0.39 is 6.10 Å². The molecule has 0 aliphatic carbocycles. The maximum atomic E-state index is 13.4. The van der Waals surface area contributed by atoms with Gasteiger partial charge in [0.1, 0.15) is 17.7 Å². The van der Waals surface area contributed by atoms with Crippen molar-refractivity contribution in [3.63, 3.8) is 0 Å². The first kappa shape index (κ1) is 25.3. The molecule has 9 heteroatoms. The second kappa shape index (κ2) is 10.7. The molecule has 1 aliphatic heterocycles. The number of fused-ring (bicyclic) bond motifs is 1. The zero-order valence-corrected chi connectivity index (χ0v) is 20.3. The molecule has 0 unspecified atom stereocenters. The minimum Gasteiger partial charge on any atom is -0.487 e. The molecule has 0 saturated carbocycles. The van der Waals surface area contributed by atoms with Crippen LogP contribution in [0.4, 0.5) is 20.6 Å². The average Bonchev–Trinajstić information content (AvgIpc) is 2.81. The van der Waals surface area contributed by atoms with Crippen molar-refractivity contribution in [3.05, 3.63) is 53.8 Å². The van der Waals surface area contributed by atoms with Crippen molar-refractivity contribution in [2.75, 3.05) is 51.1 Å². The zero-order valence-electron chi connectivity index (χ0n) is 20.3. The van der Waals surface area contributed by atoms with Gasteiger partial charge in [-0.15, -0.1) is 0 Å². The number of hydrogen-bond donors (Lipinski definition) is 2. The number of rotatable bonds is 6. The summed E-state index contributed by atoms with van der Waals surface area (Å²) in [7, 11) is 5.44. The summed E-state index contributed by atoms with van der Waals surface area (Å²) in [5.41, 5.74) is 1.76. The molecule has 2 aromatic carbocycles. The maximum Gasteiger partial charge on any atom is 0.321 e. The van der Waals surface area contributed by atoms with Crippen molar-refractivity contribution >= 4 is 23.3 Å². The molecule has 0 saturated heterocycles. The summed E-state index contributed by atoms with van der Waals surface area (Å²) < 4.78 is 19.5. The van der Waals surface area contributed by atoms with Gasteiger partial charge in [0.25, 0.3) is 5.91 Å². The Hall–Kier alpha value is -3.33. The molecular weight excluding hydrogens is 439 g/mol. The van der Waals surface area contributed by atoms with Gasteiger partial charge in [0.15, 0.2) is 0 Å². The number of hydrogen-bond acceptors (Lipinski definition) is 5. The van der Waals surface area contributed by atoms with Crippen LogP contribution in [0.25, 0.3) is 0 Å². The van der Waals surface area contributed by atoms with Crippen molar-refractivity contribution in [2.24, 2.45) is 5.92 Å². The highest BCUT2D eigenvalue weighted by Gasteiger charge is 2.34. The number of nitrogens with zero attached hydrogens (tertiary/aromatic N) is 3. The second-order valence-corrected chi connectivity index (χ2v) is 9.02. The summed E-state index contributed by atoms with van der Waals surface area (Å²) in [6.45, 7) is 4.23. The first-order chi connectivity index (χ1) is 16.1. The Bertz CT molecular complexity index is 1010. The molecule has 34 heavy (non-hydrogen) atoms. The van der Waals surface area contributed by atoms with Crippen LogP contribution in [-0.4, -0.2) is 79.8 Å². The fourth-order valence-electron chi connectivity index (χ4n) is 3.81. The smallest absolute Gasteiger partial charge is 0.321 e. The number of aliphatic hydroxyl groups excluding tert-OH is 1. The molecule has 2 aromatic rings. The molecule has 2 N–H and O–H groups in total. The van der Waals surface area contributed by atoms with Crippen molar-refractivity contribution in [3.8, 4) is 5.75 Å². The molecule has 0 spiro atoms. The van der Waals surface area contributed by atoms with Gasteiger partial charge >= 0.3 is 6.03 Å². The van der Waals surface area contributed by atoms with E-state index in [9.17, 15) is 19.1 Å². The summed E-state index contributed by atoms with van der Waals surface area (Å²) in [6.07, 6.45) is -0.408. The van der Waals surface area contributed by atoms with Crippen LogP contribution in [0.2, 0.25) is 0 Å². The van der Waals surface area contributed by atoms with Crippen LogP contribution in [0, 0.1) is 11.7 Å². The van der Waals surface area contributed by atoms with Gasteiger partial charge in [-0.2, -0.15) is 0 Å². The average molecular weight is 473 g/mol. The van der Waals surface area contributed by atoms with E-state index in [-0.39, 0.29) is 42.9 Å². The maximum absolute atomic E-state index is 13.4. The number of likely N-dealkylation sites (N-methyl/N-ethyl adjacent to an activating group) is 1. The molecular formula is C25H33FN4O4. The fraction of sp³-hybridized carbons (Fsp3) is 0.440. The highest BCUT2D eigenvalue weighted by molar-refractivity contribution is 5.98. The van der Waals surface area contributed by atoms with Crippen LogP contribution in [0.3, 0.4) is 0 Å². The van der Waals surface area contributed by atoms with Crippen LogP contribution in [0.15, 0.2) is 42.5 Å². The number of carbonyl (C=O) groups is 2. The van der Waals surface area contributed by atoms with E-state index in [1.807, 2.05) is 32.0 Å². The molecule has 3 amide bonds. The number of halogens is 1. The van der Waals surface area contributed by atoms with Crippen LogP contribution >= 0.6 is 0 Å². The summed E-state index contributed by atoms with van der Waals surface area (Å²) in [5, 5.41) is 12.5. The summed E-state index contributed by atoms with van der Waals surface area (Å²) in [5.74, 6) is -0.265. The van der Waals surface area contributed by atoms with Crippen LogP contribution in [0.5, 0.6) is 5.75 Å². The molecule has 8 nitrogen and oxygen atoms in total. The highest BCUT2D eigenvalue weighted by Crippen LogP contribution is 2.31. The number of amides is 3. The van der Waals surface area contributed by atoms with Gasteiger partial charge in [-0.1, -0.05) is 6.92 Å². The van der Waals surface area contributed by atoms with E-state index in [1.165, 1.54) is 29.2 Å². The minimum atomic E-state index is -0.408. The lowest BCUT2D eigenvalue weighted by Crippen LogP contribution is -2.50. The quantitative estimate of drug-likeness (QED) is 0.674. The zero-order chi connectivity index (χ0) is 25.0. The number of carbonyl (C=O) groups excluding carboxylic acids is 2. The Kier molecular flexibility index (Phi) is 7.98. The van der Waals surface area contributed by atoms with E-state index in [4.69, 9.17) is 4.74 Å². The van der Waals surface area contributed by atoms with Gasteiger partial charge in [0.05, 0.1) is 24.8 Å². The first-order valence-electron chi connectivity index (χ1n) is 11.3. The third-order valence-electron chi connectivity index (χ3n) is 6.06. The minimum absolute atomic E-state index is 0.124. The summed E-state index contributed by atoms with van der Waals surface area (Å²) in [6, 6.07) is 10.3. The van der Waals surface area contributed by atoms with Gasteiger partial charge in [0.2, 0.25) is 0 Å². The monoisotopic (exact) mass is 472 g/mol. The Balaban J connectivity index is 1.85. The fourth-order valence-corrected chi connectivity index (χ4v) is 3.81. The van der Waals surface area contributed by atoms with E-state index in [0.717, 1.165) is 5.69 Å². The number of ether oxygens (including phenoxy) is 1. The van der Waals surface area contributed by atoms with Crippen molar-refractivity contribution in [2.45, 2.75) is 26.0 Å². The number of benzene rings is 2. The van der Waals surface area contributed by atoms with Gasteiger partial charge in [-0.3, -0.25) is 4.79 Å². The van der Waals surface area contributed by atoms with E-state index >= 15 is 0 Å². The van der Waals surface area contributed by atoms with Crippen LogP contribution in [-0.2, 0) is 0 Å². The lowest BCUT2D eigenvalue weighted by atomic mass is 9.99. The Labute approximate surface area is 199 Å². The third kappa shape index (κ3) is 5.77. The molecule has 0 aromatic heterocycles. The number of urea groups is 1. The van der Waals surface area contributed by atoms with Crippen molar-refractivity contribution in [1.29, 1.82) is 0 Å². The Morgan fingerprint density at radius 1 is 1.24 bits per heavy atom. The number of aliphatic hydroxyl groups is 1. The van der Waals surface area contributed by atoms with Gasteiger partial charge < -0.3 is 29.9 Å². The molecule has 1 aliphatic rings. The summed E-state index contributed by atoms with van der Waals surface area (Å²) in [4.78, 5) is 31.2. The predicted octanol–water partition coefficient (Wildman–Crippen LogP) is 3.28. The molecule has 3 rings (SSSR count). The SMILES string of the molecule is C[C@@H]1CN([C@@H](C)CO)C(=O)c2cc(N(C)C)ccc2O[C@H]1CN(C)C(=O)Nc1ccc(F)cc1. The van der Waals surface area contributed by atoms with Gasteiger partial charge in [-0.05, 0) is 49.4 Å². The topological polar surface area (TPSA) is 85.4 Å². The van der Waals surface area contributed by atoms with E-state index in [2.05, 4.69) is 5.32 Å². The van der Waals surface area contributed by atoms with Crippen molar-refractivity contribution < 1.29 is 23.8 Å². The van der Waals surface area contributed by atoms with Crippen molar-refractivity contribution in [1.82, 2.24) is 9.80 Å². The molecule has 184 valence electrons. The lowest BCUT2D eigenvalue weighted by Gasteiger charge is -2.38. The normalized spacial score (nSPS) is 18.8. The number of nitrogens with one attached hydrogen (secondary N) is 1. The Morgan fingerprint density at radius 2 is 1.91 bits per heavy atom. The Morgan fingerprint density at radius 3 is 2.53 bits per heavy atom. The molecule has 0 radical (unpaired) electrons. The van der Waals surface area contributed by atoms with Crippen LogP contribution < -0.4 is 15.0 Å². The summed E-state index contributed by atoms with van der Waals surface area (Å²) >= 11 is 0. The lowest BCUT2D eigenvalue weighted by molar-refractivity contribution is 0.0371. The number of anilines is 2. The highest BCUT2D eigenvalue weighted by atomic mass is 19.1. The van der Waals surface area contributed by atoms with Gasteiger partial charge in [-0.25, -0.2) is 9.18 Å². The van der Waals surface area contributed by atoms with E-state index in [0.29, 0.717) is 23.5 Å². The molecule has 1 heterocycles. The standard InChI is InChI=1S/C25H33FN4O4/c1-16-13-30(17(2)15-31)24(32)21-12-20(28(3)4)10-11-22(21)34-23(16)14-29(5)25(33)27-19-8-6-18(26)7-9-19/h6-12,16-17,23,31H,13-15H2,1-5H3,(H,27,33)/t16-,17+,23+/m1/s1. The van der Waals surface area contributed by atoms with Crippen LogP contribution in [0.1, 0.15) is 24.2 Å². The largest absolute Gasteiger partial charge is 0.487 e. The molecule has 0 fully saturated rings. The predicted molar refractivity (Wildman–Crippen MR) is 130 cm³/mol. The third-order valence-corrected chi connectivity index (χ3v) is 6.06. The second-order valence-electron chi connectivity index (χ2n) is 9.02. The first-order valence-corrected chi connectivity index (χ1v) is 11.3. The molecule has 0 bridgehead atoms. The van der Waals surface area contributed by atoms with E-state index in [1.54, 1.807) is 31.0 Å². The molecule has 3 atom stereocenters. The van der Waals surface area contributed by atoms with Gasteiger partial charge in [0, 0.05) is 45.0 Å².